The van der Waals surface area contributed by atoms with Crippen LogP contribution in [0.1, 0.15) is 22.8 Å². The van der Waals surface area contributed by atoms with E-state index in [0.717, 1.165) is 17.7 Å². The Hall–Kier alpha value is -3.20. The maximum absolute atomic E-state index is 12.1. The Balaban J connectivity index is 1.81. The van der Waals surface area contributed by atoms with E-state index in [1.807, 2.05) is 5.32 Å². The number of esters is 1. The van der Waals surface area contributed by atoms with Crippen LogP contribution in [0.25, 0.3) is 0 Å². The van der Waals surface area contributed by atoms with Crippen molar-refractivity contribution in [2.24, 2.45) is 0 Å². The van der Waals surface area contributed by atoms with E-state index < -0.39 is 37.1 Å². The first-order valence-corrected chi connectivity index (χ1v) is 9.02. The summed E-state index contributed by atoms with van der Waals surface area (Å²) in [5.41, 5.74) is 0.752. The average Bonchev–Trinajstić information content (AvgIpc) is 2.68. The van der Waals surface area contributed by atoms with Gasteiger partial charge in [-0.3, -0.25) is 14.9 Å². The molecule has 2 rings (SSSR count). The summed E-state index contributed by atoms with van der Waals surface area (Å²) >= 11 is 5.86. The largest absolute Gasteiger partial charge is 0.479 e. The van der Waals surface area contributed by atoms with Crippen LogP contribution in [0.3, 0.4) is 0 Å². The molecule has 0 aromatic heterocycles. The predicted octanol–water partition coefficient (Wildman–Crippen LogP) is 3.52. The normalized spacial score (nSPS) is 11.5. The Kier molecular flexibility index (Phi) is 8.11. The SMILES string of the molecule is Cc1cc(Cl)ccc1OC(C)C(=O)OCC(=O)NC(=O)c1ccc(OC(F)F)cc1. The molecule has 2 amide bonds. The fourth-order valence-electron chi connectivity index (χ4n) is 2.26. The van der Waals surface area contributed by atoms with Crippen LogP contribution < -0.4 is 14.8 Å². The number of aryl methyl sites for hydroxylation is 1. The van der Waals surface area contributed by atoms with E-state index in [1.165, 1.54) is 19.1 Å². The van der Waals surface area contributed by atoms with Crippen LogP contribution in [0.15, 0.2) is 42.5 Å². The number of nitrogens with one attached hydrogen (secondary N) is 1. The van der Waals surface area contributed by atoms with Crippen molar-refractivity contribution in [2.45, 2.75) is 26.6 Å². The number of alkyl halides is 2. The standard InChI is InChI=1S/C20H18ClF2NO6/c1-11-9-14(21)5-8-16(11)29-12(2)19(27)28-10-17(25)24-18(26)13-3-6-15(7-4-13)30-20(22)23/h3-9,12,20H,10H2,1-2H3,(H,24,25,26). The third-order valence-electron chi connectivity index (χ3n) is 3.71. The minimum Gasteiger partial charge on any atom is -0.479 e. The summed E-state index contributed by atoms with van der Waals surface area (Å²) < 4.78 is 38.7. The maximum atomic E-state index is 12.1. The molecular formula is C20H18ClF2NO6. The lowest BCUT2D eigenvalue weighted by molar-refractivity contribution is -0.154. The molecule has 0 fully saturated rings. The van der Waals surface area contributed by atoms with Gasteiger partial charge in [0, 0.05) is 10.6 Å². The third-order valence-corrected chi connectivity index (χ3v) is 3.95. The monoisotopic (exact) mass is 441 g/mol. The molecule has 1 unspecified atom stereocenters. The fourth-order valence-corrected chi connectivity index (χ4v) is 2.49. The van der Waals surface area contributed by atoms with Crippen LogP contribution in [0.2, 0.25) is 5.02 Å². The van der Waals surface area contributed by atoms with E-state index in [2.05, 4.69) is 4.74 Å². The molecule has 1 N–H and O–H groups in total. The first-order valence-electron chi connectivity index (χ1n) is 8.64. The molecule has 0 saturated carbocycles. The van der Waals surface area contributed by atoms with Gasteiger partial charge >= 0.3 is 12.6 Å². The first kappa shape index (κ1) is 23.1. The number of hydrogen-bond acceptors (Lipinski definition) is 6. The van der Waals surface area contributed by atoms with Crippen LogP contribution in [0.4, 0.5) is 8.78 Å². The van der Waals surface area contributed by atoms with E-state index in [1.54, 1.807) is 25.1 Å². The highest BCUT2D eigenvalue weighted by molar-refractivity contribution is 6.30. The summed E-state index contributed by atoms with van der Waals surface area (Å²) in [5, 5.41) is 2.54. The average molecular weight is 442 g/mol. The summed E-state index contributed by atoms with van der Waals surface area (Å²) in [4.78, 5) is 35.8. The maximum Gasteiger partial charge on any atom is 0.387 e. The van der Waals surface area contributed by atoms with Crippen LogP contribution in [-0.4, -0.2) is 37.1 Å². The van der Waals surface area contributed by atoms with E-state index in [4.69, 9.17) is 21.1 Å². The molecule has 0 aliphatic carbocycles. The highest BCUT2D eigenvalue weighted by Crippen LogP contribution is 2.23. The zero-order valence-electron chi connectivity index (χ0n) is 16.0. The van der Waals surface area contributed by atoms with Crippen molar-refractivity contribution in [2.75, 3.05) is 6.61 Å². The Morgan fingerprint density at radius 1 is 1.07 bits per heavy atom. The molecule has 0 aliphatic heterocycles. The number of amides is 2. The van der Waals surface area contributed by atoms with Crippen molar-refractivity contribution in [1.29, 1.82) is 0 Å². The molecule has 1 atom stereocenters. The molecule has 10 heteroatoms. The van der Waals surface area contributed by atoms with Gasteiger partial charge in [0.05, 0.1) is 0 Å². The van der Waals surface area contributed by atoms with E-state index in [0.29, 0.717) is 10.8 Å². The van der Waals surface area contributed by atoms with Gasteiger partial charge in [-0.1, -0.05) is 11.6 Å². The molecule has 0 aliphatic rings. The van der Waals surface area contributed by atoms with E-state index in [-0.39, 0.29) is 11.3 Å². The van der Waals surface area contributed by atoms with Crippen LogP contribution in [0, 0.1) is 6.92 Å². The van der Waals surface area contributed by atoms with Crippen LogP contribution in [0.5, 0.6) is 11.5 Å². The van der Waals surface area contributed by atoms with Crippen LogP contribution >= 0.6 is 11.6 Å². The molecule has 7 nitrogen and oxygen atoms in total. The van der Waals surface area contributed by atoms with E-state index in [9.17, 15) is 23.2 Å². The van der Waals surface area contributed by atoms with Crippen molar-refractivity contribution < 1.29 is 37.4 Å². The lowest BCUT2D eigenvalue weighted by atomic mass is 10.2. The molecule has 0 radical (unpaired) electrons. The van der Waals surface area contributed by atoms with Gasteiger partial charge in [-0.2, -0.15) is 8.78 Å². The number of carbonyl (C=O) groups excluding carboxylic acids is 3. The van der Waals surface area contributed by atoms with Gasteiger partial charge in [0.1, 0.15) is 11.5 Å². The Bertz CT molecular complexity index is 920. The number of halogens is 3. The molecule has 0 heterocycles. The summed E-state index contributed by atoms with van der Waals surface area (Å²) in [6.45, 7) is -0.492. The van der Waals surface area contributed by atoms with E-state index >= 15 is 0 Å². The number of carbonyl (C=O) groups is 3. The summed E-state index contributed by atoms with van der Waals surface area (Å²) in [6, 6.07) is 9.60. The lowest BCUT2D eigenvalue weighted by Crippen LogP contribution is -2.36. The van der Waals surface area contributed by atoms with Crippen molar-refractivity contribution in [3.8, 4) is 11.5 Å². The van der Waals surface area contributed by atoms with Gasteiger partial charge in [0.15, 0.2) is 12.7 Å². The smallest absolute Gasteiger partial charge is 0.387 e. The quantitative estimate of drug-likeness (QED) is 0.630. The minimum absolute atomic E-state index is 0.0335. The van der Waals surface area contributed by atoms with Gasteiger partial charge in [-0.15, -0.1) is 0 Å². The van der Waals surface area contributed by atoms with Gasteiger partial charge in [-0.05, 0) is 61.9 Å². The molecule has 2 aromatic rings. The summed E-state index contributed by atoms with van der Waals surface area (Å²) in [7, 11) is 0. The van der Waals surface area contributed by atoms with Crippen molar-refractivity contribution in [3.63, 3.8) is 0 Å². The number of imide groups is 1. The number of rotatable bonds is 8. The molecule has 160 valence electrons. The van der Waals surface area contributed by atoms with Gasteiger partial charge < -0.3 is 14.2 Å². The highest BCUT2D eigenvalue weighted by atomic mass is 35.5. The van der Waals surface area contributed by atoms with Crippen molar-refractivity contribution in [1.82, 2.24) is 5.32 Å². The van der Waals surface area contributed by atoms with Gasteiger partial charge in [0.2, 0.25) is 0 Å². The molecule has 0 bridgehead atoms. The van der Waals surface area contributed by atoms with Gasteiger partial charge in [-0.25, -0.2) is 4.79 Å². The number of benzene rings is 2. The second-order valence-corrected chi connectivity index (χ2v) is 6.49. The first-order chi connectivity index (χ1) is 14.2. The summed E-state index contributed by atoms with van der Waals surface area (Å²) in [5.74, 6) is -2.16. The Labute approximate surface area is 175 Å². The van der Waals surface area contributed by atoms with Crippen LogP contribution in [-0.2, 0) is 14.3 Å². The van der Waals surface area contributed by atoms with Gasteiger partial charge in [0.25, 0.3) is 11.8 Å². The number of ether oxygens (including phenoxy) is 3. The molecule has 30 heavy (non-hydrogen) atoms. The van der Waals surface area contributed by atoms with Crippen molar-refractivity contribution >= 4 is 29.4 Å². The Morgan fingerprint density at radius 2 is 1.73 bits per heavy atom. The second kappa shape index (κ2) is 10.5. The lowest BCUT2D eigenvalue weighted by Gasteiger charge is -2.15. The fraction of sp³-hybridized carbons (Fsp3) is 0.250. The van der Waals surface area contributed by atoms with Crippen molar-refractivity contribution in [3.05, 3.63) is 58.6 Å². The zero-order chi connectivity index (χ0) is 22.3. The highest BCUT2D eigenvalue weighted by Gasteiger charge is 2.20. The molecular weight excluding hydrogens is 424 g/mol. The molecule has 0 saturated heterocycles. The predicted molar refractivity (Wildman–Crippen MR) is 103 cm³/mol. The number of hydrogen-bond donors (Lipinski definition) is 1. The zero-order valence-corrected chi connectivity index (χ0v) is 16.7. The Morgan fingerprint density at radius 3 is 2.33 bits per heavy atom. The minimum atomic E-state index is -2.99. The third kappa shape index (κ3) is 7.00. The summed E-state index contributed by atoms with van der Waals surface area (Å²) in [6.07, 6.45) is -1.00. The topological polar surface area (TPSA) is 90.9 Å². The molecule has 0 spiro atoms. The molecule has 2 aromatic carbocycles. The second-order valence-electron chi connectivity index (χ2n) is 6.06.